The lowest BCUT2D eigenvalue weighted by Gasteiger charge is -2.01. The lowest BCUT2D eigenvalue weighted by atomic mass is 10.0. The second-order valence-electron chi connectivity index (χ2n) is 4.23. The van der Waals surface area contributed by atoms with Crippen LogP contribution in [0.3, 0.4) is 0 Å². The van der Waals surface area contributed by atoms with Gasteiger partial charge in [-0.2, -0.15) is 0 Å². The molecule has 1 rings (SSSR count). The smallest absolute Gasteiger partial charge is 0.137 e. The molecule has 1 aromatic rings. The molecule has 0 fully saturated rings. The molecular weight excluding hydrogens is 232 g/mol. The summed E-state index contributed by atoms with van der Waals surface area (Å²) in [6.07, 6.45) is 7.41. The zero-order chi connectivity index (χ0) is 12.5. The third-order valence-corrected chi connectivity index (χ3v) is 2.93. The molecule has 0 N–H and O–H groups in total. The van der Waals surface area contributed by atoms with E-state index in [1.54, 1.807) is 0 Å². The van der Waals surface area contributed by atoms with Gasteiger partial charge >= 0.3 is 0 Å². The largest absolute Gasteiger partial charge is 0.299 e. The van der Waals surface area contributed by atoms with Crippen molar-refractivity contribution in [3.63, 3.8) is 0 Å². The third-order valence-electron chi connectivity index (χ3n) is 2.68. The zero-order valence-corrected chi connectivity index (χ0v) is 10.9. The summed E-state index contributed by atoms with van der Waals surface area (Å²) in [7, 11) is 0. The van der Waals surface area contributed by atoms with Crippen molar-refractivity contribution >= 4 is 17.4 Å². The van der Waals surface area contributed by atoms with Gasteiger partial charge in [-0.1, -0.05) is 36.2 Å². The van der Waals surface area contributed by atoms with Crippen LogP contribution in [-0.4, -0.2) is 5.78 Å². The van der Waals surface area contributed by atoms with E-state index in [1.165, 1.54) is 0 Å². The molecule has 2 heteroatoms. The lowest BCUT2D eigenvalue weighted by molar-refractivity contribution is -0.118. The first-order valence-corrected chi connectivity index (χ1v) is 6.47. The molecule has 0 heterocycles. The van der Waals surface area contributed by atoms with Gasteiger partial charge in [-0.15, -0.1) is 6.58 Å². The summed E-state index contributed by atoms with van der Waals surface area (Å²) in [6.45, 7) is 3.68. The van der Waals surface area contributed by atoms with Gasteiger partial charge in [0, 0.05) is 17.9 Å². The fraction of sp³-hybridized carbons (Fsp3) is 0.400. The highest BCUT2D eigenvalue weighted by Crippen LogP contribution is 2.11. The van der Waals surface area contributed by atoms with Crippen molar-refractivity contribution in [3.8, 4) is 0 Å². The minimum atomic E-state index is 0.311. The van der Waals surface area contributed by atoms with Crippen LogP contribution in [0.4, 0.5) is 0 Å². The monoisotopic (exact) mass is 250 g/mol. The molecule has 0 saturated heterocycles. The molecule has 92 valence electrons. The Morgan fingerprint density at radius 3 is 2.53 bits per heavy atom. The molecule has 0 aromatic heterocycles. The van der Waals surface area contributed by atoms with E-state index in [-0.39, 0.29) is 0 Å². The van der Waals surface area contributed by atoms with Crippen LogP contribution in [0.5, 0.6) is 0 Å². The molecule has 0 aliphatic carbocycles. The van der Waals surface area contributed by atoms with E-state index in [2.05, 4.69) is 6.58 Å². The van der Waals surface area contributed by atoms with Crippen LogP contribution in [0, 0.1) is 0 Å². The Kier molecular flexibility index (Phi) is 6.64. The molecule has 0 radical (unpaired) electrons. The van der Waals surface area contributed by atoms with E-state index in [4.69, 9.17) is 11.6 Å². The molecule has 0 unspecified atom stereocenters. The van der Waals surface area contributed by atoms with E-state index < -0.39 is 0 Å². The first kappa shape index (κ1) is 14.0. The fourth-order valence-electron chi connectivity index (χ4n) is 1.71. The van der Waals surface area contributed by atoms with Gasteiger partial charge < -0.3 is 0 Å². The van der Waals surface area contributed by atoms with Gasteiger partial charge in [-0.05, 0) is 37.0 Å². The number of allylic oxidation sites excluding steroid dienone is 1. The Morgan fingerprint density at radius 1 is 1.18 bits per heavy atom. The molecule has 1 nitrogen and oxygen atoms in total. The number of hydrogen-bond acceptors (Lipinski definition) is 1. The predicted octanol–water partition coefficient (Wildman–Crippen LogP) is 4.59. The van der Waals surface area contributed by atoms with Crippen LogP contribution < -0.4 is 0 Å². The van der Waals surface area contributed by atoms with E-state index in [1.807, 2.05) is 30.3 Å². The highest BCUT2D eigenvalue weighted by atomic mass is 35.5. The molecule has 0 saturated carbocycles. The normalized spacial score (nSPS) is 10.2. The summed E-state index contributed by atoms with van der Waals surface area (Å²) in [6, 6.07) is 7.48. The van der Waals surface area contributed by atoms with Gasteiger partial charge in [0.15, 0.2) is 0 Å². The molecule has 0 aliphatic heterocycles. The van der Waals surface area contributed by atoms with E-state index >= 15 is 0 Å². The van der Waals surface area contributed by atoms with E-state index in [0.29, 0.717) is 23.6 Å². The minimum absolute atomic E-state index is 0.311. The van der Waals surface area contributed by atoms with Gasteiger partial charge in [0.2, 0.25) is 0 Å². The molecule has 0 spiro atoms. The Bertz CT molecular complexity index is 354. The van der Waals surface area contributed by atoms with Gasteiger partial charge in [-0.3, -0.25) is 4.79 Å². The molecular formula is C15H19ClO. The first-order chi connectivity index (χ1) is 8.22. The number of rotatable bonds is 8. The number of carbonyl (C=O) groups is 1. The third kappa shape index (κ3) is 6.28. The van der Waals surface area contributed by atoms with Crippen LogP contribution in [0.1, 0.15) is 37.7 Å². The summed E-state index contributed by atoms with van der Waals surface area (Å²) < 4.78 is 0. The lowest BCUT2D eigenvalue weighted by Crippen LogP contribution is -2.02. The highest BCUT2D eigenvalue weighted by Gasteiger charge is 2.03. The Labute approximate surface area is 108 Å². The summed E-state index contributed by atoms with van der Waals surface area (Å²) in [5.41, 5.74) is 1.05. The van der Waals surface area contributed by atoms with Crippen molar-refractivity contribution in [3.05, 3.63) is 47.5 Å². The number of halogens is 1. The van der Waals surface area contributed by atoms with E-state index in [9.17, 15) is 4.79 Å². The first-order valence-electron chi connectivity index (χ1n) is 6.09. The maximum atomic E-state index is 11.7. The number of benzene rings is 1. The van der Waals surface area contributed by atoms with Gasteiger partial charge in [0.1, 0.15) is 5.78 Å². The Hall–Kier alpha value is -1.08. The van der Waals surface area contributed by atoms with Crippen molar-refractivity contribution in [2.24, 2.45) is 0 Å². The molecule has 0 atom stereocenters. The van der Waals surface area contributed by atoms with Crippen LogP contribution in [-0.2, 0) is 11.2 Å². The van der Waals surface area contributed by atoms with Crippen LogP contribution in [0.2, 0.25) is 5.02 Å². The highest BCUT2D eigenvalue weighted by molar-refractivity contribution is 6.30. The van der Waals surface area contributed by atoms with Crippen LogP contribution in [0.15, 0.2) is 36.9 Å². The second kappa shape index (κ2) is 8.08. The number of ketones is 1. The van der Waals surface area contributed by atoms with Gasteiger partial charge in [0.05, 0.1) is 0 Å². The van der Waals surface area contributed by atoms with Gasteiger partial charge in [-0.25, -0.2) is 0 Å². The van der Waals surface area contributed by atoms with Crippen LogP contribution >= 0.6 is 11.6 Å². The molecule has 17 heavy (non-hydrogen) atoms. The van der Waals surface area contributed by atoms with Crippen LogP contribution in [0.25, 0.3) is 0 Å². The fourth-order valence-corrected chi connectivity index (χ4v) is 1.83. The number of Topliss-reactive ketones (excluding diaryl/α,β-unsaturated/α-hetero) is 1. The maximum Gasteiger partial charge on any atom is 0.137 e. The second-order valence-corrected chi connectivity index (χ2v) is 4.67. The minimum Gasteiger partial charge on any atom is -0.299 e. The topological polar surface area (TPSA) is 17.1 Å². The number of hydrogen-bond donors (Lipinski definition) is 0. The predicted molar refractivity (Wildman–Crippen MR) is 73.4 cm³/mol. The SMILES string of the molecule is C=CCCCCCC(=O)Cc1ccc(Cl)cc1. The quantitative estimate of drug-likeness (QED) is 0.487. The average Bonchev–Trinajstić information content (AvgIpc) is 2.32. The van der Waals surface area contributed by atoms with Crippen molar-refractivity contribution in [1.82, 2.24) is 0 Å². The Balaban J connectivity index is 2.20. The average molecular weight is 251 g/mol. The Morgan fingerprint density at radius 2 is 1.88 bits per heavy atom. The molecule has 1 aromatic carbocycles. The summed E-state index contributed by atoms with van der Waals surface area (Å²) in [5.74, 6) is 0.311. The summed E-state index contributed by atoms with van der Waals surface area (Å²) in [4.78, 5) is 11.7. The number of unbranched alkanes of at least 4 members (excludes halogenated alkanes) is 3. The maximum absolute atomic E-state index is 11.7. The van der Waals surface area contributed by atoms with Crippen molar-refractivity contribution in [2.45, 2.75) is 38.5 Å². The van der Waals surface area contributed by atoms with E-state index in [0.717, 1.165) is 31.2 Å². The number of carbonyl (C=O) groups excluding carboxylic acids is 1. The standard InChI is InChI=1S/C15H19ClO/c1-2-3-4-5-6-7-15(17)12-13-8-10-14(16)11-9-13/h2,8-11H,1,3-7,12H2. The molecule has 0 aliphatic rings. The van der Waals surface area contributed by atoms with Crippen molar-refractivity contribution in [1.29, 1.82) is 0 Å². The summed E-state index contributed by atoms with van der Waals surface area (Å²) in [5, 5.41) is 0.714. The summed E-state index contributed by atoms with van der Waals surface area (Å²) >= 11 is 5.79. The molecule has 0 bridgehead atoms. The molecule has 0 amide bonds. The van der Waals surface area contributed by atoms with Crippen molar-refractivity contribution in [2.75, 3.05) is 0 Å². The zero-order valence-electron chi connectivity index (χ0n) is 10.1. The van der Waals surface area contributed by atoms with Gasteiger partial charge in [0.25, 0.3) is 0 Å². The van der Waals surface area contributed by atoms with Crippen molar-refractivity contribution < 1.29 is 4.79 Å².